The van der Waals surface area contributed by atoms with Crippen molar-refractivity contribution in [3.63, 3.8) is 0 Å². The van der Waals surface area contributed by atoms with Crippen molar-refractivity contribution in [3.05, 3.63) is 11.8 Å². The lowest BCUT2D eigenvalue weighted by Gasteiger charge is -2.18. The fraction of sp³-hybridized carbons (Fsp3) is 0.636. The van der Waals surface area contributed by atoms with Gasteiger partial charge in [-0.05, 0) is 26.8 Å². The van der Waals surface area contributed by atoms with Gasteiger partial charge in [0.1, 0.15) is 5.78 Å². The summed E-state index contributed by atoms with van der Waals surface area (Å²) in [5.74, 6) is 0.229. The molecule has 0 radical (unpaired) electrons. The molecule has 0 atom stereocenters. The minimum atomic E-state index is 0.229. The highest BCUT2D eigenvalue weighted by atomic mass is 16.1. The number of hydrogen-bond acceptors (Lipinski definition) is 3. The lowest BCUT2D eigenvalue weighted by Crippen LogP contribution is -2.19. The van der Waals surface area contributed by atoms with Crippen LogP contribution >= 0.6 is 0 Å². The van der Waals surface area contributed by atoms with E-state index in [-0.39, 0.29) is 5.78 Å². The minimum Gasteiger partial charge on any atom is -0.378 e. The summed E-state index contributed by atoms with van der Waals surface area (Å²) < 4.78 is 0. The fourth-order valence-corrected chi connectivity index (χ4v) is 0.895. The van der Waals surface area contributed by atoms with Crippen molar-refractivity contribution in [2.75, 3.05) is 20.1 Å². The molecule has 0 aliphatic heterocycles. The van der Waals surface area contributed by atoms with Crippen LogP contribution < -0.4 is 0 Å². The first-order valence-electron chi connectivity index (χ1n) is 4.95. The molecular weight excluding hydrogens is 176 g/mol. The molecule has 0 aliphatic carbocycles. The Hall–Kier alpha value is -1.12. The number of carbonyl (C=O) groups is 1. The first kappa shape index (κ1) is 12.9. The predicted molar refractivity (Wildman–Crippen MR) is 60.7 cm³/mol. The zero-order chi connectivity index (χ0) is 11.0. The van der Waals surface area contributed by atoms with Crippen LogP contribution in [0.1, 0.15) is 27.2 Å². The highest BCUT2D eigenvalue weighted by molar-refractivity contribution is 5.75. The zero-order valence-electron chi connectivity index (χ0n) is 9.58. The molecule has 80 valence electrons. The number of hydrogen-bond donors (Lipinski definition) is 0. The van der Waals surface area contributed by atoms with E-state index in [0.717, 1.165) is 18.8 Å². The smallest absolute Gasteiger partial charge is 0.131 e. The van der Waals surface area contributed by atoms with Crippen LogP contribution in [0.4, 0.5) is 0 Å². The summed E-state index contributed by atoms with van der Waals surface area (Å²) in [5.41, 5.74) is 1.13. The standard InChI is InChI=1S/C11H20N2O/c1-5-12-8-6-10(2)13(4)9-7-11(3)14/h6,8H,5,7,9H2,1-4H3/b10-6+,12-8?. The topological polar surface area (TPSA) is 32.7 Å². The second kappa shape index (κ2) is 7.30. The van der Waals surface area contributed by atoms with Crippen molar-refractivity contribution in [1.82, 2.24) is 4.90 Å². The minimum absolute atomic E-state index is 0.229. The van der Waals surface area contributed by atoms with Gasteiger partial charge in [0.2, 0.25) is 0 Å². The van der Waals surface area contributed by atoms with Gasteiger partial charge in [0.15, 0.2) is 0 Å². The van der Waals surface area contributed by atoms with Crippen LogP contribution in [0.15, 0.2) is 16.8 Å². The maximum absolute atomic E-state index is 10.8. The van der Waals surface area contributed by atoms with Crippen LogP contribution in [0.2, 0.25) is 0 Å². The van der Waals surface area contributed by atoms with Gasteiger partial charge in [-0.15, -0.1) is 0 Å². The number of ketones is 1. The first-order valence-corrected chi connectivity index (χ1v) is 4.95. The monoisotopic (exact) mass is 196 g/mol. The van der Waals surface area contributed by atoms with Gasteiger partial charge in [-0.3, -0.25) is 9.79 Å². The Bertz CT molecular complexity index is 231. The average Bonchev–Trinajstić information content (AvgIpc) is 2.14. The largest absolute Gasteiger partial charge is 0.378 e. The van der Waals surface area contributed by atoms with Gasteiger partial charge in [-0.1, -0.05) is 0 Å². The van der Waals surface area contributed by atoms with E-state index < -0.39 is 0 Å². The summed E-state index contributed by atoms with van der Waals surface area (Å²) in [6, 6.07) is 0. The Morgan fingerprint density at radius 3 is 2.57 bits per heavy atom. The molecule has 0 unspecified atom stereocenters. The van der Waals surface area contributed by atoms with Crippen molar-refractivity contribution in [3.8, 4) is 0 Å². The summed E-state index contributed by atoms with van der Waals surface area (Å²) >= 11 is 0. The van der Waals surface area contributed by atoms with Crippen LogP contribution in [-0.2, 0) is 4.79 Å². The maximum atomic E-state index is 10.8. The molecule has 0 aliphatic rings. The van der Waals surface area contributed by atoms with Gasteiger partial charge in [0.05, 0.1) is 0 Å². The fourth-order valence-electron chi connectivity index (χ4n) is 0.895. The number of nitrogens with zero attached hydrogens (tertiary/aromatic N) is 2. The number of aliphatic imine (C=N–C) groups is 1. The lowest BCUT2D eigenvalue weighted by molar-refractivity contribution is -0.117. The van der Waals surface area contributed by atoms with Gasteiger partial charge in [0, 0.05) is 38.5 Å². The average molecular weight is 196 g/mol. The Morgan fingerprint density at radius 2 is 2.07 bits per heavy atom. The van der Waals surface area contributed by atoms with E-state index >= 15 is 0 Å². The highest BCUT2D eigenvalue weighted by Gasteiger charge is 1.99. The number of carbonyl (C=O) groups excluding carboxylic acids is 1. The van der Waals surface area contributed by atoms with E-state index in [4.69, 9.17) is 0 Å². The van der Waals surface area contributed by atoms with E-state index in [9.17, 15) is 4.79 Å². The summed E-state index contributed by atoms with van der Waals surface area (Å²) in [6.07, 6.45) is 4.37. The van der Waals surface area contributed by atoms with Gasteiger partial charge in [-0.2, -0.15) is 0 Å². The van der Waals surface area contributed by atoms with E-state index in [0.29, 0.717) is 6.42 Å². The molecular formula is C11H20N2O. The Balaban J connectivity index is 3.97. The summed E-state index contributed by atoms with van der Waals surface area (Å²) in [5, 5.41) is 0. The lowest BCUT2D eigenvalue weighted by atomic mass is 10.3. The number of rotatable bonds is 6. The number of allylic oxidation sites excluding steroid dienone is 2. The van der Waals surface area contributed by atoms with Crippen molar-refractivity contribution >= 4 is 12.0 Å². The second-order valence-electron chi connectivity index (χ2n) is 3.33. The molecule has 0 saturated carbocycles. The van der Waals surface area contributed by atoms with Crippen LogP contribution in [-0.4, -0.2) is 37.0 Å². The van der Waals surface area contributed by atoms with Crippen LogP contribution in [0, 0.1) is 0 Å². The molecule has 3 nitrogen and oxygen atoms in total. The Labute approximate surface area is 86.5 Å². The molecule has 0 saturated heterocycles. The molecule has 0 aromatic heterocycles. The van der Waals surface area contributed by atoms with E-state index in [1.165, 1.54) is 0 Å². The molecule has 0 aromatic rings. The summed E-state index contributed by atoms with van der Waals surface area (Å²) in [6.45, 7) is 7.21. The highest BCUT2D eigenvalue weighted by Crippen LogP contribution is 2.00. The third-order valence-electron chi connectivity index (χ3n) is 2.01. The van der Waals surface area contributed by atoms with Gasteiger partial charge in [0.25, 0.3) is 0 Å². The van der Waals surface area contributed by atoms with Crippen LogP contribution in [0.3, 0.4) is 0 Å². The summed E-state index contributed by atoms with van der Waals surface area (Å²) in [4.78, 5) is 16.9. The SMILES string of the molecule is CCN=C/C=C(\C)N(C)CCC(C)=O. The van der Waals surface area contributed by atoms with Gasteiger partial charge < -0.3 is 4.90 Å². The van der Waals surface area contributed by atoms with Crippen molar-refractivity contribution in [2.45, 2.75) is 27.2 Å². The normalized spacial score (nSPS) is 12.1. The van der Waals surface area contributed by atoms with E-state index in [2.05, 4.69) is 9.89 Å². The molecule has 0 N–H and O–H groups in total. The van der Waals surface area contributed by atoms with Gasteiger partial charge in [-0.25, -0.2) is 0 Å². The number of Topliss-reactive ketones (excluding diaryl/α,β-unsaturated/α-hetero) is 1. The Kier molecular flexibility index (Phi) is 6.72. The van der Waals surface area contributed by atoms with Crippen molar-refractivity contribution < 1.29 is 4.79 Å². The third-order valence-corrected chi connectivity index (χ3v) is 2.01. The molecule has 3 heteroatoms. The molecule has 14 heavy (non-hydrogen) atoms. The molecule has 0 fully saturated rings. The zero-order valence-corrected chi connectivity index (χ0v) is 9.58. The second-order valence-corrected chi connectivity index (χ2v) is 3.33. The van der Waals surface area contributed by atoms with Gasteiger partial charge >= 0.3 is 0 Å². The molecule has 0 spiro atoms. The maximum Gasteiger partial charge on any atom is 0.131 e. The first-order chi connectivity index (χ1) is 6.57. The van der Waals surface area contributed by atoms with Crippen molar-refractivity contribution in [2.24, 2.45) is 4.99 Å². The molecule has 0 bridgehead atoms. The van der Waals surface area contributed by atoms with E-state index in [1.54, 1.807) is 13.1 Å². The van der Waals surface area contributed by atoms with Crippen LogP contribution in [0.25, 0.3) is 0 Å². The van der Waals surface area contributed by atoms with Crippen LogP contribution in [0.5, 0.6) is 0 Å². The molecule has 0 rings (SSSR count). The quantitative estimate of drug-likeness (QED) is 0.608. The molecule has 0 heterocycles. The van der Waals surface area contributed by atoms with E-state index in [1.807, 2.05) is 27.0 Å². The summed E-state index contributed by atoms with van der Waals surface area (Å²) in [7, 11) is 1.98. The van der Waals surface area contributed by atoms with Crippen molar-refractivity contribution in [1.29, 1.82) is 0 Å². The Morgan fingerprint density at radius 1 is 1.43 bits per heavy atom. The third kappa shape index (κ3) is 6.40. The predicted octanol–water partition coefficient (Wildman–Crippen LogP) is 1.89. The molecule has 0 aromatic carbocycles. The molecule has 0 amide bonds.